The SMILES string of the molecule is C=CCCC(=O)NC(COC(=O)C(CC=C)CC(=O)OC(C)(C)C)c1ccc(Cl)cc1. The molecule has 0 aliphatic carbocycles. The van der Waals surface area contributed by atoms with E-state index in [1.165, 1.54) is 0 Å². The molecular weight excluding hydrogens is 418 g/mol. The van der Waals surface area contributed by atoms with Crippen molar-refractivity contribution in [2.45, 2.75) is 58.1 Å². The minimum atomic E-state index is -0.713. The fourth-order valence-electron chi connectivity index (χ4n) is 2.75. The number of hydrogen-bond acceptors (Lipinski definition) is 5. The number of ether oxygens (including phenoxy) is 2. The lowest BCUT2D eigenvalue weighted by Crippen LogP contribution is -2.33. The van der Waals surface area contributed by atoms with Crippen molar-refractivity contribution in [3.05, 3.63) is 60.2 Å². The quantitative estimate of drug-likeness (QED) is 0.361. The Bertz CT molecular complexity index is 767. The Kier molecular flexibility index (Phi) is 11.0. The van der Waals surface area contributed by atoms with Crippen molar-refractivity contribution in [3.8, 4) is 0 Å². The second-order valence-electron chi connectivity index (χ2n) is 8.14. The molecule has 6 nitrogen and oxygen atoms in total. The Morgan fingerprint density at radius 1 is 1.13 bits per heavy atom. The van der Waals surface area contributed by atoms with E-state index in [1.54, 1.807) is 57.2 Å². The molecule has 0 aromatic heterocycles. The van der Waals surface area contributed by atoms with E-state index in [9.17, 15) is 14.4 Å². The number of allylic oxidation sites excluding steroid dienone is 2. The highest BCUT2D eigenvalue weighted by atomic mass is 35.5. The highest BCUT2D eigenvalue weighted by Gasteiger charge is 2.27. The minimum Gasteiger partial charge on any atom is -0.463 e. The Balaban J connectivity index is 2.84. The maximum Gasteiger partial charge on any atom is 0.309 e. The summed E-state index contributed by atoms with van der Waals surface area (Å²) in [5, 5.41) is 3.42. The number of amides is 1. The topological polar surface area (TPSA) is 81.7 Å². The molecule has 1 N–H and O–H groups in total. The molecule has 0 aliphatic rings. The highest BCUT2D eigenvalue weighted by Crippen LogP contribution is 2.20. The van der Waals surface area contributed by atoms with E-state index in [0.717, 1.165) is 5.56 Å². The van der Waals surface area contributed by atoms with Crippen LogP contribution in [0.5, 0.6) is 0 Å². The van der Waals surface area contributed by atoms with Gasteiger partial charge < -0.3 is 14.8 Å². The Labute approximate surface area is 189 Å². The van der Waals surface area contributed by atoms with Crippen LogP contribution in [0, 0.1) is 5.92 Å². The molecule has 0 radical (unpaired) electrons. The van der Waals surface area contributed by atoms with Crippen LogP contribution in [-0.4, -0.2) is 30.1 Å². The standard InChI is InChI=1S/C24H32ClNO5/c1-6-8-10-21(27)26-20(17-11-13-19(25)14-12-17)16-30-23(29)18(9-7-2)15-22(28)31-24(3,4)5/h6-7,11-14,18,20H,1-2,8-10,15-16H2,3-5H3,(H,26,27). The second kappa shape index (κ2) is 13.0. The van der Waals surface area contributed by atoms with Gasteiger partial charge in [-0.1, -0.05) is 35.9 Å². The van der Waals surface area contributed by atoms with Crippen molar-refractivity contribution < 1.29 is 23.9 Å². The summed E-state index contributed by atoms with van der Waals surface area (Å²) in [5.74, 6) is -1.93. The molecule has 0 saturated carbocycles. The fourth-order valence-corrected chi connectivity index (χ4v) is 2.87. The molecule has 0 fully saturated rings. The molecule has 1 aromatic carbocycles. The summed E-state index contributed by atoms with van der Waals surface area (Å²) in [6.07, 6.45) is 4.20. The van der Waals surface area contributed by atoms with Gasteiger partial charge in [0.1, 0.15) is 12.2 Å². The molecule has 0 spiro atoms. The zero-order valence-corrected chi connectivity index (χ0v) is 19.2. The number of carbonyl (C=O) groups excluding carboxylic acids is 3. The summed E-state index contributed by atoms with van der Waals surface area (Å²) in [6.45, 7) is 12.5. The number of esters is 2. The third-order valence-corrected chi connectivity index (χ3v) is 4.44. The van der Waals surface area contributed by atoms with Crippen LogP contribution in [-0.2, 0) is 23.9 Å². The molecule has 170 valence electrons. The molecule has 0 heterocycles. The number of hydrogen-bond donors (Lipinski definition) is 1. The fraction of sp³-hybridized carbons (Fsp3) is 0.458. The molecule has 0 bridgehead atoms. The van der Waals surface area contributed by atoms with E-state index in [0.29, 0.717) is 11.4 Å². The van der Waals surface area contributed by atoms with Crippen LogP contribution < -0.4 is 5.32 Å². The van der Waals surface area contributed by atoms with Crippen LogP contribution in [0.3, 0.4) is 0 Å². The number of benzene rings is 1. The summed E-state index contributed by atoms with van der Waals surface area (Å²) in [7, 11) is 0. The predicted molar refractivity (Wildman–Crippen MR) is 121 cm³/mol. The van der Waals surface area contributed by atoms with Gasteiger partial charge in [0.25, 0.3) is 0 Å². The smallest absolute Gasteiger partial charge is 0.309 e. The van der Waals surface area contributed by atoms with Gasteiger partial charge in [-0.25, -0.2) is 0 Å². The highest BCUT2D eigenvalue weighted by molar-refractivity contribution is 6.30. The van der Waals surface area contributed by atoms with Crippen LogP contribution in [0.4, 0.5) is 0 Å². The number of rotatable bonds is 12. The van der Waals surface area contributed by atoms with E-state index in [1.807, 2.05) is 0 Å². The van der Waals surface area contributed by atoms with Crippen molar-refractivity contribution in [2.24, 2.45) is 5.92 Å². The van der Waals surface area contributed by atoms with Gasteiger partial charge in [-0.3, -0.25) is 14.4 Å². The van der Waals surface area contributed by atoms with E-state index >= 15 is 0 Å². The number of nitrogens with one attached hydrogen (secondary N) is 1. The lowest BCUT2D eigenvalue weighted by molar-refractivity contribution is -0.161. The first-order valence-corrected chi connectivity index (χ1v) is 10.6. The van der Waals surface area contributed by atoms with Crippen LogP contribution in [0.15, 0.2) is 49.6 Å². The lowest BCUT2D eigenvalue weighted by Gasteiger charge is -2.23. The molecule has 1 rings (SSSR count). The van der Waals surface area contributed by atoms with Gasteiger partial charge in [-0.2, -0.15) is 0 Å². The van der Waals surface area contributed by atoms with Gasteiger partial charge in [-0.15, -0.1) is 13.2 Å². The third-order valence-electron chi connectivity index (χ3n) is 4.19. The zero-order chi connectivity index (χ0) is 23.4. The van der Waals surface area contributed by atoms with E-state index < -0.39 is 29.5 Å². The third kappa shape index (κ3) is 10.8. The number of halogens is 1. The van der Waals surface area contributed by atoms with Crippen molar-refractivity contribution in [1.29, 1.82) is 0 Å². The summed E-state index contributed by atoms with van der Waals surface area (Å²) < 4.78 is 10.8. The Morgan fingerprint density at radius 3 is 2.32 bits per heavy atom. The summed E-state index contributed by atoms with van der Waals surface area (Å²) in [4.78, 5) is 37.0. The van der Waals surface area contributed by atoms with Gasteiger partial charge in [0.15, 0.2) is 0 Å². The van der Waals surface area contributed by atoms with Crippen molar-refractivity contribution in [2.75, 3.05) is 6.61 Å². The molecule has 2 atom stereocenters. The van der Waals surface area contributed by atoms with Gasteiger partial charge in [-0.05, 0) is 51.3 Å². The van der Waals surface area contributed by atoms with E-state index in [-0.39, 0.29) is 31.8 Å². The molecule has 0 saturated heterocycles. The van der Waals surface area contributed by atoms with Crippen molar-refractivity contribution in [1.82, 2.24) is 5.32 Å². The average molecular weight is 450 g/mol. The maximum absolute atomic E-state index is 12.7. The van der Waals surface area contributed by atoms with Crippen LogP contribution in [0.2, 0.25) is 5.02 Å². The predicted octanol–water partition coefficient (Wildman–Crippen LogP) is 4.93. The molecule has 7 heteroatoms. The monoisotopic (exact) mass is 449 g/mol. The first kappa shape index (κ1) is 26.4. The summed E-state index contributed by atoms with van der Waals surface area (Å²) >= 11 is 5.95. The summed E-state index contributed by atoms with van der Waals surface area (Å²) in [5.41, 5.74) is 0.103. The molecule has 1 amide bonds. The lowest BCUT2D eigenvalue weighted by atomic mass is 10.0. The first-order chi connectivity index (χ1) is 14.6. The maximum atomic E-state index is 12.7. The molecular formula is C24H32ClNO5. The number of carbonyl (C=O) groups is 3. The molecule has 2 unspecified atom stereocenters. The van der Waals surface area contributed by atoms with Gasteiger partial charge in [0, 0.05) is 11.4 Å². The first-order valence-electron chi connectivity index (χ1n) is 10.2. The second-order valence-corrected chi connectivity index (χ2v) is 8.58. The van der Waals surface area contributed by atoms with Crippen LogP contribution >= 0.6 is 11.6 Å². The average Bonchev–Trinajstić information content (AvgIpc) is 2.68. The largest absolute Gasteiger partial charge is 0.463 e. The van der Waals surface area contributed by atoms with Crippen molar-refractivity contribution >= 4 is 29.4 Å². The van der Waals surface area contributed by atoms with Gasteiger partial charge >= 0.3 is 11.9 Å². The van der Waals surface area contributed by atoms with E-state index in [2.05, 4.69) is 18.5 Å². The molecule has 31 heavy (non-hydrogen) atoms. The van der Waals surface area contributed by atoms with Crippen LogP contribution in [0.1, 0.15) is 58.1 Å². The molecule has 0 aliphatic heterocycles. The summed E-state index contributed by atoms with van der Waals surface area (Å²) in [6, 6.07) is 6.37. The van der Waals surface area contributed by atoms with Crippen molar-refractivity contribution in [3.63, 3.8) is 0 Å². The normalized spacial score (nSPS) is 12.9. The zero-order valence-electron chi connectivity index (χ0n) is 18.5. The van der Waals surface area contributed by atoms with Gasteiger partial charge in [0.05, 0.1) is 18.4 Å². The molecule has 1 aromatic rings. The Hall–Kier alpha value is -2.60. The minimum absolute atomic E-state index is 0.0811. The van der Waals surface area contributed by atoms with Crippen LogP contribution in [0.25, 0.3) is 0 Å². The Morgan fingerprint density at radius 2 is 1.77 bits per heavy atom. The van der Waals surface area contributed by atoms with E-state index in [4.69, 9.17) is 21.1 Å². The van der Waals surface area contributed by atoms with Gasteiger partial charge in [0.2, 0.25) is 5.91 Å².